The number of halogens is 1. The standard InChI is InChI=1S/C16H13ClN2/c17-14-8-6-12(7-9-14)16-13(10-18)11-19(16)15-4-2-1-3-5-15/h1-9,13,16H,11H2/t13-,16+/m1/s1. The molecule has 1 aliphatic heterocycles. The van der Waals surface area contributed by atoms with E-state index in [1.54, 1.807) is 0 Å². The summed E-state index contributed by atoms with van der Waals surface area (Å²) in [6, 6.07) is 20.5. The van der Waals surface area contributed by atoms with Crippen molar-refractivity contribution in [1.82, 2.24) is 0 Å². The first kappa shape index (κ1) is 12.1. The van der Waals surface area contributed by atoms with E-state index in [1.165, 1.54) is 0 Å². The van der Waals surface area contributed by atoms with Crippen molar-refractivity contribution in [1.29, 1.82) is 5.26 Å². The van der Waals surface area contributed by atoms with Gasteiger partial charge in [0.1, 0.15) is 0 Å². The topological polar surface area (TPSA) is 27.0 Å². The second-order valence-corrected chi connectivity index (χ2v) is 5.16. The number of anilines is 1. The molecule has 0 amide bonds. The smallest absolute Gasteiger partial charge is 0.0883 e. The maximum Gasteiger partial charge on any atom is 0.0883 e. The summed E-state index contributed by atoms with van der Waals surface area (Å²) in [5.41, 5.74) is 2.31. The highest BCUT2D eigenvalue weighted by molar-refractivity contribution is 6.30. The van der Waals surface area contributed by atoms with Gasteiger partial charge in [0.05, 0.1) is 18.0 Å². The molecule has 1 aliphatic rings. The molecule has 0 spiro atoms. The van der Waals surface area contributed by atoms with Crippen LogP contribution in [0.5, 0.6) is 0 Å². The van der Waals surface area contributed by atoms with Gasteiger partial charge in [0.2, 0.25) is 0 Å². The van der Waals surface area contributed by atoms with Gasteiger partial charge in [-0.15, -0.1) is 0 Å². The lowest BCUT2D eigenvalue weighted by Gasteiger charge is -2.47. The Labute approximate surface area is 117 Å². The van der Waals surface area contributed by atoms with Crippen LogP contribution in [0.3, 0.4) is 0 Å². The van der Waals surface area contributed by atoms with Crippen LogP contribution in [-0.4, -0.2) is 6.54 Å². The first-order valence-electron chi connectivity index (χ1n) is 6.26. The van der Waals surface area contributed by atoms with Gasteiger partial charge in [0.25, 0.3) is 0 Å². The van der Waals surface area contributed by atoms with Gasteiger partial charge in [0.15, 0.2) is 0 Å². The minimum atomic E-state index is 0.0429. The molecule has 0 aliphatic carbocycles. The highest BCUT2D eigenvalue weighted by Gasteiger charge is 2.40. The Hall–Kier alpha value is -1.98. The first-order valence-corrected chi connectivity index (χ1v) is 6.64. The van der Waals surface area contributed by atoms with Crippen LogP contribution in [0.4, 0.5) is 5.69 Å². The van der Waals surface area contributed by atoms with Gasteiger partial charge in [0, 0.05) is 17.3 Å². The summed E-state index contributed by atoms with van der Waals surface area (Å²) < 4.78 is 0. The van der Waals surface area contributed by atoms with E-state index in [0.717, 1.165) is 22.8 Å². The quantitative estimate of drug-likeness (QED) is 0.822. The molecule has 2 nitrogen and oxygen atoms in total. The molecule has 0 unspecified atom stereocenters. The highest BCUT2D eigenvalue weighted by atomic mass is 35.5. The van der Waals surface area contributed by atoms with Gasteiger partial charge in [-0.2, -0.15) is 5.26 Å². The molecule has 0 saturated carbocycles. The Morgan fingerprint density at radius 3 is 2.37 bits per heavy atom. The Balaban J connectivity index is 1.92. The monoisotopic (exact) mass is 268 g/mol. The fraction of sp³-hybridized carbons (Fsp3) is 0.188. The van der Waals surface area contributed by atoms with Crippen LogP contribution in [-0.2, 0) is 0 Å². The minimum Gasteiger partial charge on any atom is -0.362 e. The number of hydrogen-bond acceptors (Lipinski definition) is 2. The number of benzene rings is 2. The normalized spacial score (nSPS) is 21.6. The van der Waals surface area contributed by atoms with Crippen LogP contribution in [0.2, 0.25) is 5.02 Å². The van der Waals surface area contributed by atoms with E-state index in [9.17, 15) is 5.26 Å². The molecule has 3 heteroatoms. The maximum atomic E-state index is 9.23. The predicted octanol–water partition coefficient (Wildman–Crippen LogP) is 4.04. The molecular weight excluding hydrogens is 256 g/mol. The zero-order valence-electron chi connectivity index (χ0n) is 10.3. The van der Waals surface area contributed by atoms with Crippen molar-refractivity contribution < 1.29 is 0 Å². The molecule has 1 saturated heterocycles. The number of para-hydroxylation sites is 1. The zero-order valence-corrected chi connectivity index (χ0v) is 11.1. The van der Waals surface area contributed by atoms with Crippen molar-refractivity contribution in [3.05, 3.63) is 65.2 Å². The summed E-state index contributed by atoms with van der Waals surface area (Å²) in [4.78, 5) is 2.26. The summed E-state index contributed by atoms with van der Waals surface area (Å²) in [6.07, 6.45) is 0. The van der Waals surface area contributed by atoms with Crippen LogP contribution in [0.1, 0.15) is 11.6 Å². The Morgan fingerprint density at radius 1 is 1.05 bits per heavy atom. The van der Waals surface area contributed by atoms with E-state index in [2.05, 4.69) is 23.1 Å². The van der Waals surface area contributed by atoms with Gasteiger partial charge in [-0.25, -0.2) is 0 Å². The summed E-state index contributed by atoms with van der Waals surface area (Å²) >= 11 is 5.92. The van der Waals surface area contributed by atoms with Crippen LogP contribution in [0.15, 0.2) is 54.6 Å². The van der Waals surface area contributed by atoms with Crippen molar-refractivity contribution in [3.63, 3.8) is 0 Å². The van der Waals surface area contributed by atoms with Crippen molar-refractivity contribution in [2.45, 2.75) is 6.04 Å². The highest BCUT2D eigenvalue weighted by Crippen LogP contribution is 2.41. The van der Waals surface area contributed by atoms with E-state index in [1.807, 2.05) is 42.5 Å². The summed E-state index contributed by atoms with van der Waals surface area (Å²) in [6.45, 7) is 0.786. The molecule has 94 valence electrons. The Morgan fingerprint density at radius 2 is 1.74 bits per heavy atom. The van der Waals surface area contributed by atoms with E-state index in [-0.39, 0.29) is 12.0 Å². The summed E-state index contributed by atoms with van der Waals surface area (Å²) in [7, 11) is 0. The molecule has 19 heavy (non-hydrogen) atoms. The lowest BCUT2D eigenvalue weighted by Crippen LogP contribution is -2.49. The van der Waals surface area contributed by atoms with Crippen LogP contribution < -0.4 is 4.90 Å². The van der Waals surface area contributed by atoms with Gasteiger partial charge < -0.3 is 4.90 Å². The number of hydrogen-bond donors (Lipinski definition) is 0. The average molecular weight is 269 g/mol. The minimum absolute atomic E-state index is 0.0429. The van der Waals surface area contributed by atoms with Crippen LogP contribution in [0.25, 0.3) is 0 Å². The fourth-order valence-electron chi connectivity index (χ4n) is 2.57. The largest absolute Gasteiger partial charge is 0.362 e. The molecular formula is C16H13ClN2. The number of nitrogens with zero attached hydrogens (tertiary/aromatic N) is 2. The van der Waals surface area contributed by atoms with Crippen LogP contribution in [0, 0.1) is 17.2 Å². The van der Waals surface area contributed by atoms with Crippen molar-refractivity contribution in [2.75, 3.05) is 11.4 Å². The van der Waals surface area contributed by atoms with E-state index < -0.39 is 0 Å². The predicted molar refractivity (Wildman–Crippen MR) is 77.1 cm³/mol. The molecule has 0 aromatic heterocycles. The van der Waals surface area contributed by atoms with Crippen LogP contribution >= 0.6 is 11.6 Å². The third-order valence-electron chi connectivity index (χ3n) is 3.58. The molecule has 0 bridgehead atoms. The Kier molecular flexibility index (Phi) is 3.15. The molecule has 0 N–H and O–H groups in total. The van der Waals surface area contributed by atoms with Crippen molar-refractivity contribution in [3.8, 4) is 6.07 Å². The lowest BCUT2D eigenvalue weighted by atomic mass is 9.84. The SMILES string of the molecule is N#C[C@@H]1CN(c2ccccc2)[C@H]1c1ccc(Cl)cc1. The van der Waals surface area contributed by atoms with E-state index in [0.29, 0.717) is 0 Å². The van der Waals surface area contributed by atoms with Gasteiger partial charge in [-0.05, 0) is 29.8 Å². The van der Waals surface area contributed by atoms with Gasteiger partial charge in [-0.1, -0.05) is 41.9 Å². The van der Waals surface area contributed by atoms with Gasteiger partial charge >= 0.3 is 0 Å². The fourth-order valence-corrected chi connectivity index (χ4v) is 2.70. The Bertz CT molecular complexity index is 601. The van der Waals surface area contributed by atoms with Crippen molar-refractivity contribution >= 4 is 17.3 Å². The molecule has 2 aromatic rings. The average Bonchev–Trinajstić information content (AvgIpc) is 2.42. The molecule has 1 fully saturated rings. The number of nitriles is 1. The lowest BCUT2D eigenvalue weighted by molar-refractivity contribution is 0.371. The molecule has 0 radical (unpaired) electrons. The summed E-state index contributed by atoms with van der Waals surface area (Å²) in [5, 5.41) is 9.96. The third-order valence-corrected chi connectivity index (χ3v) is 3.83. The number of rotatable bonds is 2. The second kappa shape index (κ2) is 4.95. The second-order valence-electron chi connectivity index (χ2n) is 4.72. The van der Waals surface area contributed by atoms with Gasteiger partial charge in [-0.3, -0.25) is 0 Å². The molecule has 2 atom stereocenters. The molecule has 3 rings (SSSR count). The van der Waals surface area contributed by atoms with E-state index in [4.69, 9.17) is 11.6 Å². The zero-order chi connectivity index (χ0) is 13.2. The first-order chi connectivity index (χ1) is 9.29. The maximum absolute atomic E-state index is 9.23. The van der Waals surface area contributed by atoms with Crippen molar-refractivity contribution in [2.24, 2.45) is 5.92 Å². The van der Waals surface area contributed by atoms with E-state index >= 15 is 0 Å². The molecule has 1 heterocycles. The molecule has 2 aromatic carbocycles. The summed E-state index contributed by atoms with van der Waals surface area (Å²) in [5.74, 6) is 0.0429. The third kappa shape index (κ3) is 2.18.